The van der Waals surface area contributed by atoms with Crippen LogP contribution in [0.15, 0.2) is 36.4 Å². The van der Waals surface area contributed by atoms with Gasteiger partial charge in [0.1, 0.15) is 11.4 Å². The summed E-state index contributed by atoms with van der Waals surface area (Å²) in [7, 11) is 3.12. The van der Waals surface area contributed by atoms with Gasteiger partial charge < -0.3 is 20.1 Å². The summed E-state index contributed by atoms with van der Waals surface area (Å²) in [5.74, 6) is 0.534. The molecular weight excluding hydrogens is 334 g/mol. The first-order valence-electron chi connectivity index (χ1n) is 8.21. The fraction of sp³-hybridized carbons (Fsp3) is 0.316. The molecule has 7 nitrogen and oxygen atoms in total. The number of carbonyl (C=O) groups excluding carboxylic acids is 2. The van der Waals surface area contributed by atoms with Crippen molar-refractivity contribution in [2.45, 2.75) is 26.4 Å². The van der Waals surface area contributed by atoms with Crippen LogP contribution in [0.1, 0.15) is 40.4 Å². The molecule has 26 heavy (non-hydrogen) atoms. The lowest BCUT2D eigenvalue weighted by Gasteiger charge is -2.11. The first-order valence-corrected chi connectivity index (χ1v) is 8.21. The number of benzene rings is 1. The summed E-state index contributed by atoms with van der Waals surface area (Å²) >= 11 is 0. The Hall–Kier alpha value is -3.09. The highest BCUT2D eigenvalue weighted by atomic mass is 16.5. The number of aromatic nitrogens is 1. The third-order valence-corrected chi connectivity index (χ3v) is 3.54. The van der Waals surface area contributed by atoms with Crippen molar-refractivity contribution in [3.8, 4) is 11.5 Å². The van der Waals surface area contributed by atoms with Gasteiger partial charge in [0.15, 0.2) is 11.5 Å². The van der Waals surface area contributed by atoms with Gasteiger partial charge in [0.2, 0.25) is 0 Å². The Labute approximate surface area is 152 Å². The zero-order valence-electron chi connectivity index (χ0n) is 15.3. The molecule has 0 saturated carbocycles. The molecule has 2 aromatic rings. The molecule has 0 aliphatic rings. The molecule has 0 bridgehead atoms. The fourth-order valence-electron chi connectivity index (χ4n) is 2.29. The Balaban J connectivity index is 2.05. The third kappa shape index (κ3) is 4.95. The highest BCUT2D eigenvalue weighted by Gasteiger charge is 2.13. The molecule has 0 saturated heterocycles. The van der Waals surface area contributed by atoms with Gasteiger partial charge >= 0.3 is 0 Å². The molecule has 2 N–H and O–H groups in total. The van der Waals surface area contributed by atoms with Crippen molar-refractivity contribution in [3.63, 3.8) is 0 Å². The largest absolute Gasteiger partial charge is 0.493 e. The van der Waals surface area contributed by atoms with E-state index in [9.17, 15) is 9.59 Å². The molecule has 0 atom stereocenters. The maximum atomic E-state index is 12.3. The average molecular weight is 357 g/mol. The van der Waals surface area contributed by atoms with Crippen molar-refractivity contribution in [2.24, 2.45) is 0 Å². The average Bonchev–Trinajstić information content (AvgIpc) is 2.65. The summed E-state index contributed by atoms with van der Waals surface area (Å²) in [6, 6.07) is 10.2. The summed E-state index contributed by atoms with van der Waals surface area (Å²) in [6.07, 6.45) is 0. The molecule has 1 aromatic carbocycles. The van der Waals surface area contributed by atoms with E-state index in [0.717, 1.165) is 5.56 Å². The Bertz CT molecular complexity index is 790. The van der Waals surface area contributed by atoms with E-state index in [0.29, 0.717) is 18.0 Å². The fourth-order valence-corrected chi connectivity index (χ4v) is 2.29. The second-order valence-corrected chi connectivity index (χ2v) is 5.91. The predicted molar refractivity (Wildman–Crippen MR) is 97.6 cm³/mol. The molecule has 2 rings (SSSR count). The number of nitrogens with zero attached hydrogens (tertiary/aromatic N) is 1. The summed E-state index contributed by atoms with van der Waals surface area (Å²) in [5.41, 5.74) is 1.24. The molecule has 1 aromatic heterocycles. The van der Waals surface area contributed by atoms with Gasteiger partial charge in [0.25, 0.3) is 11.8 Å². The third-order valence-electron chi connectivity index (χ3n) is 3.54. The maximum Gasteiger partial charge on any atom is 0.270 e. The summed E-state index contributed by atoms with van der Waals surface area (Å²) in [4.78, 5) is 28.5. The van der Waals surface area contributed by atoms with Crippen LogP contribution in [-0.4, -0.2) is 37.1 Å². The minimum atomic E-state index is -0.362. The van der Waals surface area contributed by atoms with Crippen molar-refractivity contribution in [2.75, 3.05) is 14.2 Å². The zero-order chi connectivity index (χ0) is 19.1. The number of methoxy groups -OCH3 is 2. The summed E-state index contributed by atoms with van der Waals surface area (Å²) < 4.78 is 10.4. The van der Waals surface area contributed by atoms with Gasteiger partial charge in [-0.1, -0.05) is 12.1 Å². The van der Waals surface area contributed by atoms with Crippen LogP contribution in [0.4, 0.5) is 0 Å². The van der Waals surface area contributed by atoms with E-state index < -0.39 is 0 Å². The van der Waals surface area contributed by atoms with Crippen LogP contribution in [0.5, 0.6) is 11.5 Å². The number of nitrogens with one attached hydrogen (secondary N) is 2. The summed E-state index contributed by atoms with van der Waals surface area (Å²) in [6.45, 7) is 4.01. The molecule has 0 aliphatic carbocycles. The number of pyridine rings is 1. The Morgan fingerprint density at radius 1 is 1.00 bits per heavy atom. The lowest BCUT2D eigenvalue weighted by molar-refractivity contribution is 0.0936. The number of carbonyl (C=O) groups is 2. The lowest BCUT2D eigenvalue weighted by atomic mass is 10.2. The number of hydrogen-bond donors (Lipinski definition) is 2. The molecule has 0 unspecified atom stereocenters. The number of rotatable bonds is 7. The van der Waals surface area contributed by atoms with Crippen molar-refractivity contribution in [1.29, 1.82) is 0 Å². The standard InChI is InChI=1S/C19H23N3O4/c1-12(2)21-19(24)15-7-5-6-14(22-15)18(23)20-11-13-8-9-16(25-3)17(10-13)26-4/h5-10,12H,11H2,1-4H3,(H,20,23)(H,21,24). The second kappa shape index (κ2) is 8.84. The van der Waals surface area contributed by atoms with Crippen LogP contribution >= 0.6 is 0 Å². The molecule has 0 aliphatic heterocycles. The van der Waals surface area contributed by atoms with E-state index in [1.165, 1.54) is 0 Å². The van der Waals surface area contributed by atoms with E-state index in [-0.39, 0.29) is 29.2 Å². The highest BCUT2D eigenvalue weighted by molar-refractivity contribution is 5.96. The van der Waals surface area contributed by atoms with Gasteiger partial charge in [-0.15, -0.1) is 0 Å². The topological polar surface area (TPSA) is 89.5 Å². The van der Waals surface area contributed by atoms with Crippen LogP contribution in [0.2, 0.25) is 0 Å². The van der Waals surface area contributed by atoms with Gasteiger partial charge in [-0.3, -0.25) is 9.59 Å². The molecule has 1 heterocycles. The molecule has 0 fully saturated rings. The minimum absolute atomic E-state index is 0.00756. The first kappa shape index (κ1) is 19.2. The van der Waals surface area contributed by atoms with Gasteiger partial charge in [0.05, 0.1) is 14.2 Å². The normalized spacial score (nSPS) is 10.3. The lowest BCUT2D eigenvalue weighted by Crippen LogP contribution is -2.31. The molecular formula is C19H23N3O4. The summed E-state index contributed by atoms with van der Waals surface area (Å²) in [5, 5.41) is 5.53. The van der Waals surface area contributed by atoms with Crippen molar-refractivity contribution >= 4 is 11.8 Å². The number of amides is 2. The van der Waals surface area contributed by atoms with Crippen LogP contribution in [-0.2, 0) is 6.54 Å². The van der Waals surface area contributed by atoms with Crippen LogP contribution in [0.3, 0.4) is 0 Å². The van der Waals surface area contributed by atoms with E-state index in [1.54, 1.807) is 44.6 Å². The monoisotopic (exact) mass is 357 g/mol. The molecule has 0 spiro atoms. The smallest absolute Gasteiger partial charge is 0.270 e. The zero-order valence-corrected chi connectivity index (χ0v) is 15.3. The van der Waals surface area contributed by atoms with Gasteiger partial charge in [-0.05, 0) is 43.7 Å². The number of ether oxygens (including phenoxy) is 2. The quantitative estimate of drug-likeness (QED) is 0.793. The maximum absolute atomic E-state index is 12.3. The van der Waals surface area contributed by atoms with E-state index in [2.05, 4.69) is 15.6 Å². The van der Waals surface area contributed by atoms with Gasteiger partial charge in [0, 0.05) is 12.6 Å². The highest BCUT2D eigenvalue weighted by Crippen LogP contribution is 2.27. The molecule has 0 radical (unpaired) electrons. The van der Waals surface area contributed by atoms with E-state index >= 15 is 0 Å². The predicted octanol–water partition coefficient (Wildman–Crippen LogP) is 2.17. The Morgan fingerprint density at radius 2 is 1.65 bits per heavy atom. The van der Waals surface area contributed by atoms with Crippen molar-refractivity contribution in [3.05, 3.63) is 53.3 Å². The van der Waals surface area contributed by atoms with Crippen LogP contribution in [0.25, 0.3) is 0 Å². The van der Waals surface area contributed by atoms with Crippen LogP contribution < -0.4 is 20.1 Å². The Kier molecular flexibility index (Phi) is 6.54. The Morgan fingerprint density at radius 3 is 2.27 bits per heavy atom. The second-order valence-electron chi connectivity index (χ2n) is 5.91. The number of hydrogen-bond acceptors (Lipinski definition) is 5. The van der Waals surface area contributed by atoms with Gasteiger partial charge in [-0.25, -0.2) is 4.98 Å². The molecule has 7 heteroatoms. The van der Waals surface area contributed by atoms with Crippen molar-refractivity contribution in [1.82, 2.24) is 15.6 Å². The molecule has 138 valence electrons. The minimum Gasteiger partial charge on any atom is -0.493 e. The first-order chi connectivity index (χ1) is 12.4. The van der Waals surface area contributed by atoms with E-state index in [1.807, 2.05) is 19.9 Å². The molecule has 2 amide bonds. The van der Waals surface area contributed by atoms with Crippen LogP contribution in [0, 0.1) is 0 Å². The SMILES string of the molecule is COc1ccc(CNC(=O)c2cccc(C(=O)NC(C)C)n2)cc1OC. The van der Waals surface area contributed by atoms with Gasteiger partial charge in [-0.2, -0.15) is 0 Å². The van der Waals surface area contributed by atoms with E-state index in [4.69, 9.17) is 9.47 Å². The van der Waals surface area contributed by atoms with Crippen molar-refractivity contribution < 1.29 is 19.1 Å².